The van der Waals surface area contributed by atoms with Gasteiger partial charge in [0, 0.05) is 5.56 Å². The molecule has 0 unspecified atom stereocenters. The van der Waals surface area contributed by atoms with Gasteiger partial charge in [0.2, 0.25) is 17.7 Å². The first kappa shape index (κ1) is 20.5. The Labute approximate surface area is 165 Å². The molecule has 0 saturated carbocycles. The molecule has 0 aliphatic carbocycles. The van der Waals surface area contributed by atoms with Crippen molar-refractivity contribution in [2.24, 2.45) is 0 Å². The molecule has 9 heteroatoms. The van der Waals surface area contributed by atoms with Crippen LogP contribution in [0.3, 0.4) is 0 Å². The fourth-order valence-corrected chi connectivity index (χ4v) is 2.72. The van der Waals surface area contributed by atoms with Gasteiger partial charge in [0.1, 0.15) is 0 Å². The number of carbonyl (C=O) groups is 1. The molecule has 0 bridgehead atoms. The highest BCUT2D eigenvalue weighted by molar-refractivity contribution is 5.93. The minimum atomic E-state index is -4.55. The van der Waals surface area contributed by atoms with Crippen LogP contribution in [0.5, 0.6) is 0 Å². The molecule has 6 nitrogen and oxygen atoms in total. The number of hydrogen-bond acceptors (Lipinski definition) is 5. The lowest BCUT2D eigenvalue weighted by atomic mass is 10.1. The Kier molecular flexibility index (Phi) is 6.28. The summed E-state index contributed by atoms with van der Waals surface area (Å²) in [5, 5.41) is 10.3. The molecule has 1 heterocycles. The van der Waals surface area contributed by atoms with Gasteiger partial charge in [0.15, 0.2) is 0 Å². The highest BCUT2D eigenvalue weighted by Crippen LogP contribution is 2.34. The Morgan fingerprint density at radius 2 is 1.76 bits per heavy atom. The maximum absolute atomic E-state index is 13.1. The summed E-state index contributed by atoms with van der Waals surface area (Å²) >= 11 is 0. The first-order chi connectivity index (χ1) is 13.9. The van der Waals surface area contributed by atoms with E-state index >= 15 is 0 Å². The Balaban J connectivity index is 1.64. The number of nitrogens with one attached hydrogen (secondary N) is 1. The third kappa shape index (κ3) is 5.41. The van der Waals surface area contributed by atoms with E-state index in [1.165, 1.54) is 18.2 Å². The van der Waals surface area contributed by atoms with Crippen LogP contribution >= 0.6 is 0 Å². The smallest absolute Gasteiger partial charge is 0.418 e. The fourth-order valence-electron chi connectivity index (χ4n) is 2.72. The van der Waals surface area contributed by atoms with Crippen LogP contribution in [0.25, 0.3) is 11.5 Å². The van der Waals surface area contributed by atoms with Gasteiger partial charge in [0.05, 0.1) is 24.3 Å². The average Bonchev–Trinajstić information content (AvgIpc) is 3.16. The van der Waals surface area contributed by atoms with E-state index in [1.807, 2.05) is 37.3 Å². The van der Waals surface area contributed by atoms with Gasteiger partial charge in [0.25, 0.3) is 0 Å². The molecule has 1 aromatic heterocycles. The third-order valence-electron chi connectivity index (χ3n) is 4.17. The quantitative estimate of drug-likeness (QED) is 0.639. The number of alkyl halides is 3. The van der Waals surface area contributed by atoms with Crippen LogP contribution in [-0.4, -0.2) is 34.1 Å². The van der Waals surface area contributed by atoms with Crippen molar-refractivity contribution in [3.63, 3.8) is 0 Å². The van der Waals surface area contributed by atoms with E-state index in [2.05, 4.69) is 15.5 Å². The van der Waals surface area contributed by atoms with Gasteiger partial charge >= 0.3 is 6.18 Å². The zero-order valence-electron chi connectivity index (χ0n) is 15.6. The number of nitrogens with zero attached hydrogens (tertiary/aromatic N) is 3. The third-order valence-corrected chi connectivity index (χ3v) is 4.17. The van der Waals surface area contributed by atoms with Gasteiger partial charge in [-0.15, -0.1) is 10.2 Å². The Hall–Kier alpha value is -3.20. The number of anilines is 1. The number of hydrogen-bond donors (Lipinski definition) is 1. The van der Waals surface area contributed by atoms with Gasteiger partial charge in [-0.05, 0) is 30.8 Å². The lowest BCUT2D eigenvalue weighted by Crippen LogP contribution is -2.33. The predicted molar refractivity (Wildman–Crippen MR) is 101 cm³/mol. The number of rotatable bonds is 7. The first-order valence-electron chi connectivity index (χ1n) is 8.93. The van der Waals surface area contributed by atoms with Crippen LogP contribution in [0.4, 0.5) is 18.9 Å². The summed E-state index contributed by atoms with van der Waals surface area (Å²) in [7, 11) is 0. The molecule has 0 radical (unpaired) electrons. The highest BCUT2D eigenvalue weighted by Gasteiger charge is 2.33. The van der Waals surface area contributed by atoms with E-state index in [1.54, 1.807) is 4.90 Å². The lowest BCUT2D eigenvalue weighted by Gasteiger charge is -2.19. The van der Waals surface area contributed by atoms with Crippen molar-refractivity contribution in [1.82, 2.24) is 15.1 Å². The van der Waals surface area contributed by atoms with Crippen molar-refractivity contribution in [3.05, 3.63) is 66.1 Å². The number of benzene rings is 2. The molecular weight excluding hydrogens is 385 g/mol. The number of halogens is 3. The standard InChI is InChI=1S/C20H19F3N4O2/c1-2-27(13-18-25-26-19(29-18)14-8-4-3-5-9-14)12-17(28)24-16-11-7-6-10-15(16)20(21,22)23/h3-11H,2,12-13H2,1H3,(H,24,28). The van der Waals surface area contributed by atoms with E-state index < -0.39 is 17.6 Å². The van der Waals surface area contributed by atoms with Crippen molar-refractivity contribution in [2.75, 3.05) is 18.4 Å². The van der Waals surface area contributed by atoms with Gasteiger partial charge in [-0.2, -0.15) is 13.2 Å². The summed E-state index contributed by atoms with van der Waals surface area (Å²) in [5.41, 5.74) is -0.387. The molecule has 0 fully saturated rings. The Morgan fingerprint density at radius 3 is 2.45 bits per heavy atom. The minimum Gasteiger partial charge on any atom is -0.419 e. The zero-order valence-corrected chi connectivity index (χ0v) is 15.6. The summed E-state index contributed by atoms with van der Waals surface area (Å²) in [6.07, 6.45) is -4.55. The molecule has 1 amide bonds. The maximum atomic E-state index is 13.1. The molecule has 0 spiro atoms. The molecule has 3 rings (SSSR count). The zero-order chi connectivity index (χ0) is 20.9. The monoisotopic (exact) mass is 404 g/mol. The second kappa shape index (κ2) is 8.87. The number of carbonyl (C=O) groups excluding carboxylic acids is 1. The largest absolute Gasteiger partial charge is 0.419 e. The van der Waals surface area contributed by atoms with E-state index in [0.29, 0.717) is 18.3 Å². The molecule has 0 aliphatic rings. The summed E-state index contributed by atoms with van der Waals surface area (Å²) in [5.74, 6) is 0.112. The Morgan fingerprint density at radius 1 is 1.07 bits per heavy atom. The van der Waals surface area contributed by atoms with Gasteiger partial charge in [-0.1, -0.05) is 37.3 Å². The molecule has 152 valence electrons. The summed E-state index contributed by atoms with van der Waals surface area (Å²) in [4.78, 5) is 14.0. The van der Waals surface area contributed by atoms with E-state index in [-0.39, 0.29) is 18.8 Å². The van der Waals surface area contributed by atoms with Crippen molar-refractivity contribution < 1.29 is 22.4 Å². The van der Waals surface area contributed by atoms with Crippen molar-refractivity contribution in [2.45, 2.75) is 19.6 Å². The molecule has 29 heavy (non-hydrogen) atoms. The second-order valence-electron chi connectivity index (χ2n) is 6.26. The van der Waals surface area contributed by atoms with Crippen LogP contribution in [0, 0.1) is 0 Å². The van der Waals surface area contributed by atoms with Gasteiger partial charge in [-0.3, -0.25) is 9.69 Å². The van der Waals surface area contributed by atoms with Gasteiger partial charge < -0.3 is 9.73 Å². The lowest BCUT2D eigenvalue weighted by molar-refractivity contribution is -0.137. The van der Waals surface area contributed by atoms with Crippen molar-refractivity contribution >= 4 is 11.6 Å². The van der Waals surface area contributed by atoms with Crippen LogP contribution in [0.2, 0.25) is 0 Å². The van der Waals surface area contributed by atoms with Crippen molar-refractivity contribution in [3.8, 4) is 11.5 Å². The Bertz CT molecular complexity index is 958. The van der Waals surface area contributed by atoms with E-state index in [0.717, 1.165) is 11.6 Å². The van der Waals surface area contributed by atoms with Gasteiger partial charge in [-0.25, -0.2) is 0 Å². The van der Waals surface area contributed by atoms with E-state index in [9.17, 15) is 18.0 Å². The molecule has 2 aromatic carbocycles. The van der Waals surface area contributed by atoms with Crippen LogP contribution < -0.4 is 5.32 Å². The number of amides is 1. The predicted octanol–water partition coefficient (Wildman–Crippen LogP) is 4.22. The highest BCUT2D eigenvalue weighted by atomic mass is 19.4. The van der Waals surface area contributed by atoms with E-state index in [4.69, 9.17) is 4.42 Å². The van der Waals surface area contributed by atoms with Crippen molar-refractivity contribution in [1.29, 1.82) is 0 Å². The molecular formula is C20H19F3N4O2. The second-order valence-corrected chi connectivity index (χ2v) is 6.26. The summed E-state index contributed by atoms with van der Waals surface area (Å²) in [6.45, 7) is 2.37. The topological polar surface area (TPSA) is 71.3 Å². The fraction of sp³-hybridized carbons (Fsp3) is 0.250. The SMILES string of the molecule is CCN(CC(=O)Nc1ccccc1C(F)(F)F)Cc1nnc(-c2ccccc2)o1. The molecule has 1 N–H and O–H groups in total. The van der Waals surface area contributed by atoms with Crippen LogP contribution in [0.15, 0.2) is 59.0 Å². The van der Waals surface area contributed by atoms with Crippen LogP contribution in [-0.2, 0) is 17.5 Å². The summed E-state index contributed by atoms with van der Waals surface area (Å²) < 4.78 is 44.8. The molecule has 0 saturated heterocycles. The normalized spacial score (nSPS) is 11.6. The first-order valence-corrected chi connectivity index (χ1v) is 8.93. The number of likely N-dealkylation sites (N-methyl/N-ethyl adjacent to an activating group) is 1. The minimum absolute atomic E-state index is 0.119. The molecule has 3 aromatic rings. The number of para-hydroxylation sites is 1. The number of aromatic nitrogens is 2. The average molecular weight is 404 g/mol. The van der Waals surface area contributed by atoms with Crippen LogP contribution in [0.1, 0.15) is 18.4 Å². The maximum Gasteiger partial charge on any atom is 0.418 e. The molecule has 0 atom stereocenters. The summed E-state index contributed by atoms with van der Waals surface area (Å²) in [6, 6.07) is 14.1. The molecule has 0 aliphatic heterocycles.